The maximum absolute atomic E-state index is 12.6. The van der Waals surface area contributed by atoms with Gasteiger partial charge in [-0.2, -0.15) is 0 Å². The molecular weight excluding hydrogens is 296 g/mol. The average molecular weight is 321 g/mol. The molecule has 22 heavy (non-hydrogen) atoms. The van der Waals surface area contributed by atoms with E-state index in [1.165, 1.54) is 6.42 Å². The summed E-state index contributed by atoms with van der Waals surface area (Å²) in [6, 6.07) is 7.87. The van der Waals surface area contributed by atoms with Crippen LogP contribution in [-0.2, 0) is 10.2 Å². The molecule has 0 aromatic heterocycles. The first-order valence-electron chi connectivity index (χ1n) is 8.18. The van der Waals surface area contributed by atoms with Crippen molar-refractivity contribution in [3.05, 3.63) is 34.9 Å². The number of carbonyl (C=O) groups is 1. The molecule has 4 atom stereocenters. The highest BCUT2D eigenvalue weighted by Gasteiger charge is 2.49. The first-order valence-corrected chi connectivity index (χ1v) is 8.56. The monoisotopic (exact) mass is 320 g/mol. The fourth-order valence-electron chi connectivity index (χ4n) is 4.26. The van der Waals surface area contributed by atoms with Crippen LogP contribution in [0.3, 0.4) is 0 Å². The van der Waals surface area contributed by atoms with E-state index in [9.17, 15) is 4.79 Å². The van der Waals surface area contributed by atoms with E-state index in [2.05, 4.69) is 19.2 Å². The molecule has 1 aromatic carbocycles. The number of halogens is 1. The molecule has 2 aliphatic carbocycles. The molecule has 2 fully saturated rings. The molecule has 3 nitrogen and oxygen atoms in total. The normalized spacial score (nSPS) is 30.5. The van der Waals surface area contributed by atoms with Crippen LogP contribution < -0.4 is 11.1 Å². The Morgan fingerprint density at radius 1 is 1.32 bits per heavy atom. The standard InChI is InChI=1S/C18H25ClN2O/c1-18(2,13-5-3-4-6-14(13)19)10-21-17(22)15-11-7-8-12(9-11)16(15)20/h3-6,11-12,15-16H,7-10,20H2,1-2H3,(H,21,22). The van der Waals surface area contributed by atoms with Crippen molar-refractivity contribution < 1.29 is 4.79 Å². The fraction of sp³-hybridized carbons (Fsp3) is 0.611. The van der Waals surface area contributed by atoms with Crippen LogP contribution in [0.5, 0.6) is 0 Å². The van der Waals surface area contributed by atoms with Crippen LogP contribution in [0.4, 0.5) is 0 Å². The van der Waals surface area contributed by atoms with Crippen LogP contribution in [0.25, 0.3) is 0 Å². The summed E-state index contributed by atoms with van der Waals surface area (Å²) >= 11 is 6.29. The number of amides is 1. The van der Waals surface area contributed by atoms with E-state index >= 15 is 0 Å². The third kappa shape index (κ3) is 2.77. The Hall–Kier alpha value is -1.06. The van der Waals surface area contributed by atoms with Gasteiger partial charge in [-0.05, 0) is 42.7 Å². The third-order valence-corrected chi connectivity index (χ3v) is 5.92. The minimum atomic E-state index is -0.199. The van der Waals surface area contributed by atoms with Gasteiger partial charge in [-0.25, -0.2) is 0 Å². The molecule has 0 spiro atoms. The highest BCUT2D eigenvalue weighted by Crippen LogP contribution is 2.47. The number of hydrogen-bond acceptors (Lipinski definition) is 2. The van der Waals surface area contributed by atoms with E-state index in [1.54, 1.807) is 0 Å². The number of carbonyl (C=O) groups excluding carboxylic acids is 1. The topological polar surface area (TPSA) is 55.1 Å². The van der Waals surface area contributed by atoms with Crippen molar-refractivity contribution >= 4 is 17.5 Å². The molecule has 3 rings (SSSR count). The van der Waals surface area contributed by atoms with Gasteiger partial charge in [0.15, 0.2) is 0 Å². The van der Waals surface area contributed by atoms with Gasteiger partial charge >= 0.3 is 0 Å². The Labute approximate surface area is 137 Å². The summed E-state index contributed by atoms with van der Waals surface area (Å²) in [5.74, 6) is 1.17. The maximum Gasteiger partial charge on any atom is 0.224 e. The van der Waals surface area contributed by atoms with E-state index in [0.717, 1.165) is 23.4 Å². The number of nitrogens with two attached hydrogens (primary N) is 1. The first-order chi connectivity index (χ1) is 10.4. The van der Waals surface area contributed by atoms with Crippen LogP contribution in [-0.4, -0.2) is 18.5 Å². The Morgan fingerprint density at radius 3 is 2.64 bits per heavy atom. The fourth-order valence-corrected chi connectivity index (χ4v) is 4.65. The average Bonchev–Trinajstić information content (AvgIpc) is 3.06. The second kappa shape index (κ2) is 5.86. The number of fused-ring (bicyclic) bond motifs is 2. The summed E-state index contributed by atoms with van der Waals surface area (Å²) in [7, 11) is 0. The predicted molar refractivity (Wildman–Crippen MR) is 89.8 cm³/mol. The third-order valence-electron chi connectivity index (χ3n) is 5.59. The molecule has 3 N–H and O–H groups in total. The molecule has 2 bridgehead atoms. The molecule has 0 saturated heterocycles. The highest BCUT2D eigenvalue weighted by atomic mass is 35.5. The van der Waals surface area contributed by atoms with Crippen LogP contribution in [0.1, 0.15) is 38.7 Å². The lowest BCUT2D eigenvalue weighted by Gasteiger charge is -2.30. The SMILES string of the molecule is CC(C)(CNC(=O)C1C2CCC(C2)C1N)c1ccccc1Cl. The quantitative estimate of drug-likeness (QED) is 0.895. The largest absolute Gasteiger partial charge is 0.355 e. The molecule has 0 radical (unpaired) electrons. The molecule has 4 heteroatoms. The van der Waals surface area contributed by atoms with Gasteiger partial charge in [0.25, 0.3) is 0 Å². The second-order valence-corrected chi connectivity index (χ2v) is 7.93. The Morgan fingerprint density at radius 2 is 2.00 bits per heavy atom. The van der Waals surface area contributed by atoms with Crippen LogP contribution >= 0.6 is 11.6 Å². The lowest BCUT2D eigenvalue weighted by Crippen LogP contribution is -2.47. The summed E-state index contributed by atoms with van der Waals surface area (Å²) in [4.78, 5) is 12.6. The Bertz CT molecular complexity index is 570. The van der Waals surface area contributed by atoms with Crippen molar-refractivity contribution in [2.24, 2.45) is 23.5 Å². The van der Waals surface area contributed by atoms with Gasteiger partial charge in [-0.3, -0.25) is 4.79 Å². The van der Waals surface area contributed by atoms with Crippen molar-refractivity contribution in [1.82, 2.24) is 5.32 Å². The molecule has 2 saturated carbocycles. The number of rotatable bonds is 4. The van der Waals surface area contributed by atoms with Crippen LogP contribution in [0.15, 0.2) is 24.3 Å². The molecule has 1 amide bonds. The second-order valence-electron chi connectivity index (χ2n) is 7.52. The zero-order valence-electron chi connectivity index (χ0n) is 13.3. The van der Waals surface area contributed by atoms with Crippen LogP contribution in [0.2, 0.25) is 5.02 Å². The van der Waals surface area contributed by atoms with Gasteiger partial charge < -0.3 is 11.1 Å². The first kappa shape index (κ1) is 15.8. The van der Waals surface area contributed by atoms with E-state index in [1.807, 2.05) is 24.3 Å². The zero-order valence-corrected chi connectivity index (χ0v) is 14.1. The molecule has 0 heterocycles. The molecule has 4 unspecified atom stereocenters. The molecule has 1 aromatic rings. The Balaban J connectivity index is 1.65. The summed E-state index contributed by atoms with van der Waals surface area (Å²) in [6.45, 7) is 4.79. The van der Waals surface area contributed by atoms with Crippen LogP contribution in [0, 0.1) is 17.8 Å². The van der Waals surface area contributed by atoms with Crippen molar-refractivity contribution in [3.8, 4) is 0 Å². The zero-order chi connectivity index (χ0) is 15.9. The van der Waals surface area contributed by atoms with E-state index in [4.69, 9.17) is 17.3 Å². The summed E-state index contributed by atoms with van der Waals surface area (Å²) < 4.78 is 0. The Kier molecular flexibility index (Phi) is 4.21. The van der Waals surface area contributed by atoms with Gasteiger partial charge in [-0.1, -0.05) is 43.6 Å². The molecule has 2 aliphatic rings. The van der Waals surface area contributed by atoms with Gasteiger partial charge in [0, 0.05) is 23.0 Å². The van der Waals surface area contributed by atoms with Crippen molar-refractivity contribution in [2.75, 3.05) is 6.54 Å². The summed E-state index contributed by atoms with van der Waals surface area (Å²) in [5.41, 5.74) is 7.12. The lowest BCUT2D eigenvalue weighted by atomic mass is 9.82. The molecular formula is C18H25ClN2O. The van der Waals surface area contributed by atoms with E-state index in [-0.39, 0.29) is 23.3 Å². The van der Waals surface area contributed by atoms with Crippen molar-refractivity contribution in [1.29, 1.82) is 0 Å². The maximum atomic E-state index is 12.6. The van der Waals surface area contributed by atoms with E-state index < -0.39 is 0 Å². The summed E-state index contributed by atoms with van der Waals surface area (Å²) in [6.07, 6.45) is 3.48. The van der Waals surface area contributed by atoms with E-state index in [0.29, 0.717) is 18.4 Å². The minimum Gasteiger partial charge on any atom is -0.355 e. The van der Waals surface area contributed by atoms with Gasteiger partial charge in [0.2, 0.25) is 5.91 Å². The van der Waals surface area contributed by atoms with Crippen molar-refractivity contribution in [2.45, 2.75) is 44.6 Å². The number of benzene rings is 1. The summed E-state index contributed by atoms with van der Waals surface area (Å²) in [5, 5.41) is 3.88. The van der Waals surface area contributed by atoms with Crippen molar-refractivity contribution in [3.63, 3.8) is 0 Å². The smallest absolute Gasteiger partial charge is 0.224 e. The molecule has 120 valence electrons. The minimum absolute atomic E-state index is 0.000736. The lowest BCUT2D eigenvalue weighted by molar-refractivity contribution is -0.127. The van der Waals surface area contributed by atoms with Gasteiger partial charge in [0.05, 0.1) is 5.92 Å². The number of hydrogen-bond donors (Lipinski definition) is 2. The highest BCUT2D eigenvalue weighted by molar-refractivity contribution is 6.31. The number of nitrogens with one attached hydrogen (secondary N) is 1. The van der Waals surface area contributed by atoms with Gasteiger partial charge in [0.1, 0.15) is 0 Å². The van der Waals surface area contributed by atoms with Gasteiger partial charge in [-0.15, -0.1) is 0 Å². The predicted octanol–water partition coefficient (Wildman–Crippen LogP) is 3.11. The molecule has 0 aliphatic heterocycles.